The highest BCUT2D eigenvalue weighted by Crippen LogP contribution is 2.19. The molecule has 106 valence electrons. The van der Waals surface area contributed by atoms with Crippen LogP contribution in [-0.4, -0.2) is 57.2 Å². The number of sulfonamides is 1. The molecule has 0 aromatic heterocycles. The molecule has 0 saturated carbocycles. The Morgan fingerprint density at radius 1 is 1.50 bits per heavy atom. The third-order valence-corrected chi connectivity index (χ3v) is 4.48. The number of aliphatic imine (C=N–C) groups is 1. The first-order chi connectivity index (χ1) is 8.07. The van der Waals surface area contributed by atoms with Crippen molar-refractivity contribution in [1.82, 2.24) is 14.9 Å². The summed E-state index contributed by atoms with van der Waals surface area (Å²) in [6.07, 6.45) is 4.21. The summed E-state index contributed by atoms with van der Waals surface area (Å²) in [6.45, 7) is 3.06. The molecule has 2 N–H and O–H groups in total. The Labute approximate surface area is 126 Å². The number of nitrogens with one attached hydrogen (secondary N) is 2. The molecule has 8 heteroatoms. The zero-order valence-electron chi connectivity index (χ0n) is 10.6. The molecule has 1 saturated heterocycles. The van der Waals surface area contributed by atoms with E-state index in [0.29, 0.717) is 13.1 Å². The van der Waals surface area contributed by atoms with Crippen LogP contribution in [0.3, 0.4) is 0 Å². The van der Waals surface area contributed by atoms with E-state index in [1.807, 2.05) is 0 Å². The molecule has 2 aliphatic rings. The number of rotatable bonds is 3. The fraction of sp³-hybridized carbons (Fsp3) is 0.900. The van der Waals surface area contributed by atoms with Crippen molar-refractivity contribution in [2.75, 3.05) is 32.4 Å². The van der Waals surface area contributed by atoms with Crippen molar-refractivity contribution in [1.29, 1.82) is 0 Å². The second-order valence-corrected chi connectivity index (χ2v) is 6.50. The predicted octanol–water partition coefficient (Wildman–Crippen LogP) is -0.0327. The van der Waals surface area contributed by atoms with E-state index in [1.165, 1.54) is 6.26 Å². The van der Waals surface area contributed by atoms with Gasteiger partial charge in [-0.3, -0.25) is 4.99 Å². The lowest BCUT2D eigenvalue weighted by atomic mass is 10.2. The molecule has 0 amide bonds. The Kier molecular flexibility index (Phi) is 6.12. The van der Waals surface area contributed by atoms with Gasteiger partial charge in [-0.15, -0.1) is 24.0 Å². The first kappa shape index (κ1) is 16.0. The average Bonchev–Trinajstić information content (AvgIpc) is 2.75. The molecule has 2 heterocycles. The molecule has 0 unspecified atom stereocenters. The predicted molar refractivity (Wildman–Crippen MR) is 82.9 cm³/mol. The van der Waals surface area contributed by atoms with E-state index >= 15 is 0 Å². The number of nitrogens with zero attached hydrogens (tertiary/aromatic N) is 2. The molecule has 0 aliphatic carbocycles. The van der Waals surface area contributed by atoms with Gasteiger partial charge in [-0.2, -0.15) is 4.31 Å². The van der Waals surface area contributed by atoms with Crippen molar-refractivity contribution < 1.29 is 8.42 Å². The topological polar surface area (TPSA) is 73.8 Å². The Bertz CT molecular complexity index is 399. The van der Waals surface area contributed by atoms with E-state index in [2.05, 4.69) is 15.6 Å². The normalized spacial score (nSPS) is 24.9. The van der Waals surface area contributed by atoms with Gasteiger partial charge < -0.3 is 10.6 Å². The van der Waals surface area contributed by atoms with Crippen molar-refractivity contribution in [3.05, 3.63) is 0 Å². The van der Waals surface area contributed by atoms with Gasteiger partial charge in [-0.25, -0.2) is 8.42 Å². The quantitative estimate of drug-likeness (QED) is 0.666. The van der Waals surface area contributed by atoms with E-state index in [9.17, 15) is 8.42 Å². The molecular weight excluding hydrogens is 367 g/mol. The first-order valence-electron chi connectivity index (χ1n) is 6.06. The zero-order valence-corrected chi connectivity index (χ0v) is 13.7. The maximum atomic E-state index is 11.5. The summed E-state index contributed by atoms with van der Waals surface area (Å²) in [6, 6.07) is 0.0661. The molecule has 6 nitrogen and oxygen atoms in total. The Balaban J connectivity index is 0.00000162. The van der Waals surface area contributed by atoms with Crippen LogP contribution in [0.4, 0.5) is 0 Å². The van der Waals surface area contributed by atoms with Crippen LogP contribution in [0.2, 0.25) is 0 Å². The van der Waals surface area contributed by atoms with Crippen molar-refractivity contribution >= 4 is 40.0 Å². The van der Waals surface area contributed by atoms with Crippen LogP contribution in [0.1, 0.15) is 19.3 Å². The molecule has 0 aromatic rings. The molecule has 0 radical (unpaired) electrons. The molecule has 0 aromatic carbocycles. The van der Waals surface area contributed by atoms with Crippen LogP contribution in [-0.2, 0) is 10.0 Å². The average molecular weight is 388 g/mol. The fourth-order valence-corrected chi connectivity index (χ4v) is 3.50. The third kappa shape index (κ3) is 4.23. The molecule has 1 atom stereocenters. The lowest BCUT2D eigenvalue weighted by Gasteiger charge is -2.24. The highest BCUT2D eigenvalue weighted by atomic mass is 127. The second-order valence-electron chi connectivity index (χ2n) is 4.56. The van der Waals surface area contributed by atoms with Crippen LogP contribution in [0.15, 0.2) is 4.99 Å². The smallest absolute Gasteiger partial charge is 0.211 e. The Morgan fingerprint density at radius 2 is 2.28 bits per heavy atom. The second kappa shape index (κ2) is 6.90. The fourth-order valence-electron chi connectivity index (χ4n) is 2.32. The van der Waals surface area contributed by atoms with Crippen LogP contribution < -0.4 is 10.6 Å². The molecule has 1 fully saturated rings. The number of halogens is 1. The lowest BCUT2D eigenvalue weighted by molar-refractivity contribution is 0.387. The molecule has 0 bridgehead atoms. The van der Waals surface area contributed by atoms with Crippen LogP contribution in [0, 0.1) is 0 Å². The molecular formula is C10H21IN4O2S. The van der Waals surface area contributed by atoms with Crippen LogP contribution in [0.25, 0.3) is 0 Å². The third-order valence-electron chi connectivity index (χ3n) is 3.15. The zero-order chi connectivity index (χ0) is 12.3. The molecule has 0 spiro atoms. The maximum absolute atomic E-state index is 11.5. The summed E-state index contributed by atoms with van der Waals surface area (Å²) in [7, 11) is -3.07. The summed E-state index contributed by atoms with van der Waals surface area (Å²) in [5.41, 5.74) is 0. The van der Waals surface area contributed by atoms with Gasteiger partial charge in [0.15, 0.2) is 5.96 Å². The van der Waals surface area contributed by atoms with E-state index in [0.717, 1.165) is 38.3 Å². The van der Waals surface area contributed by atoms with E-state index < -0.39 is 10.0 Å². The highest BCUT2D eigenvalue weighted by Gasteiger charge is 2.31. The summed E-state index contributed by atoms with van der Waals surface area (Å²) in [5, 5.41) is 6.37. The monoisotopic (exact) mass is 388 g/mol. The van der Waals surface area contributed by atoms with Crippen molar-refractivity contribution in [2.24, 2.45) is 4.99 Å². The largest absolute Gasteiger partial charge is 0.356 e. The standard InChI is InChI=1S/C10H20N4O2S.HI/c1-17(15,16)14-7-2-4-9(14)8-13-10-11-5-3-6-12-10;/h9H,2-8H2,1H3,(H2,11,12,13);1H/t9-;/m1./s1. The van der Waals surface area contributed by atoms with Gasteiger partial charge in [-0.05, 0) is 19.3 Å². The van der Waals surface area contributed by atoms with Gasteiger partial charge in [-0.1, -0.05) is 0 Å². The number of guanidine groups is 1. The number of hydrogen-bond acceptors (Lipinski definition) is 5. The van der Waals surface area contributed by atoms with Crippen molar-refractivity contribution in [3.8, 4) is 0 Å². The Morgan fingerprint density at radius 3 is 2.89 bits per heavy atom. The van der Waals surface area contributed by atoms with Gasteiger partial charge in [0, 0.05) is 32.2 Å². The van der Waals surface area contributed by atoms with Crippen molar-refractivity contribution in [2.45, 2.75) is 25.3 Å². The van der Waals surface area contributed by atoms with Gasteiger partial charge in [0.05, 0.1) is 6.26 Å². The van der Waals surface area contributed by atoms with Gasteiger partial charge in [0.25, 0.3) is 0 Å². The summed E-state index contributed by atoms with van der Waals surface area (Å²) >= 11 is 0. The minimum absolute atomic E-state index is 0. The molecule has 2 rings (SSSR count). The minimum atomic E-state index is -3.07. The maximum Gasteiger partial charge on any atom is 0.211 e. The van der Waals surface area contributed by atoms with Gasteiger partial charge in [0.1, 0.15) is 0 Å². The lowest BCUT2D eigenvalue weighted by Crippen LogP contribution is -2.47. The van der Waals surface area contributed by atoms with E-state index in [4.69, 9.17) is 0 Å². The van der Waals surface area contributed by atoms with Crippen LogP contribution >= 0.6 is 24.0 Å². The molecule has 18 heavy (non-hydrogen) atoms. The highest BCUT2D eigenvalue weighted by molar-refractivity contribution is 14.0. The van der Waals surface area contributed by atoms with Crippen molar-refractivity contribution in [3.63, 3.8) is 0 Å². The Hall–Kier alpha value is -0.0900. The van der Waals surface area contributed by atoms with E-state index in [1.54, 1.807) is 4.31 Å². The van der Waals surface area contributed by atoms with E-state index in [-0.39, 0.29) is 30.0 Å². The summed E-state index contributed by atoms with van der Waals surface area (Å²) < 4.78 is 24.7. The minimum Gasteiger partial charge on any atom is -0.356 e. The molecule has 2 aliphatic heterocycles. The first-order valence-corrected chi connectivity index (χ1v) is 7.91. The van der Waals surface area contributed by atoms with Gasteiger partial charge in [0.2, 0.25) is 10.0 Å². The van der Waals surface area contributed by atoms with Gasteiger partial charge >= 0.3 is 0 Å². The SMILES string of the molecule is CS(=O)(=O)N1CCC[C@@H]1CNC1=NCCCN1.I. The van der Waals surface area contributed by atoms with Crippen LogP contribution in [0.5, 0.6) is 0 Å². The number of hydrogen-bond donors (Lipinski definition) is 2. The summed E-state index contributed by atoms with van der Waals surface area (Å²) in [5.74, 6) is 0.802. The summed E-state index contributed by atoms with van der Waals surface area (Å²) in [4.78, 5) is 4.30.